The van der Waals surface area contributed by atoms with Gasteiger partial charge in [0.15, 0.2) is 0 Å². The van der Waals surface area contributed by atoms with Crippen molar-refractivity contribution < 1.29 is 27.4 Å². The van der Waals surface area contributed by atoms with E-state index >= 15 is 0 Å². The quantitative estimate of drug-likeness (QED) is 0.904. The molecule has 1 amide bonds. The Kier molecular flexibility index (Phi) is 5.33. The van der Waals surface area contributed by atoms with Crippen molar-refractivity contribution in [2.24, 2.45) is 0 Å². The largest absolute Gasteiger partial charge is 0.497 e. The second kappa shape index (κ2) is 7.25. The minimum Gasteiger partial charge on any atom is -0.497 e. The van der Waals surface area contributed by atoms with Crippen molar-refractivity contribution in [3.8, 4) is 11.5 Å². The third-order valence-electron chi connectivity index (χ3n) is 3.39. The molecule has 4 nitrogen and oxygen atoms in total. The summed E-state index contributed by atoms with van der Waals surface area (Å²) in [5.74, 6) is 0.460. The number of benzene rings is 2. The molecule has 0 aliphatic rings. The second-order valence-electron chi connectivity index (χ2n) is 4.94. The van der Waals surface area contributed by atoms with Gasteiger partial charge in [-0.15, -0.1) is 0 Å². The van der Waals surface area contributed by atoms with Crippen molar-refractivity contribution >= 4 is 5.91 Å². The average molecular weight is 339 g/mol. The van der Waals surface area contributed by atoms with Crippen molar-refractivity contribution in [2.75, 3.05) is 14.2 Å². The number of nitrogens with one attached hydrogen (secondary N) is 1. The molecule has 128 valence electrons. The third kappa shape index (κ3) is 4.18. The molecule has 7 heteroatoms. The standard InChI is InChI=1S/C17H16F3NO3/c1-23-13-7-8-15(24-2)14(9-13)16(22)21-10-11-3-5-12(6-4-11)17(18,19)20/h3-9H,10H2,1-2H3,(H,21,22). The Morgan fingerprint density at radius 2 is 1.71 bits per heavy atom. The topological polar surface area (TPSA) is 47.6 Å². The molecule has 2 aromatic rings. The molecule has 0 aliphatic carbocycles. The Bertz CT molecular complexity index is 712. The summed E-state index contributed by atoms with van der Waals surface area (Å²) in [5, 5.41) is 2.64. The van der Waals surface area contributed by atoms with Crippen molar-refractivity contribution in [3.05, 3.63) is 59.2 Å². The number of ether oxygens (including phenoxy) is 2. The van der Waals surface area contributed by atoms with E-state index in [0.717, 1.165) is 12.1 Å². The number of carbonyl (C=O) groups excluding carboxylic acids is 1. The van der Waals surface area contributed by atoms with Crippen molar-refractivity contribution in [2.45, 2.75) is 12.7 Å². The first-order valence-corrected chi connectivity index (χ1v) is 7.01. The van der Waals surface area contributed by atoms with E-state index in [9.17, 15) is 18.0 Å². The highest BCUT2D eigenvalue weighted by molar-refractivity contribution is 5.97. The maximum Gasteiger partial charge on any atom is 0.416 e. The molecule has 0 radical (unpaired) electrons. The number of methoxy groups -OCH3 is 2. The fraction of sp³-hybridized carbons (Fsp3) is 0.235. The number of halogens is 3. The number of alkyl halides is 3. The molecule has 2 rings (SSSR count). The molecule has 2 aromatic carbocycles. The zero-order chi connectivity index (χ0) is 17.7. The van der Waals surface area contributed by atoms with Crippen LogP contribution in [0.2, 0.25) is 0 Å². The normalized spacial score (nSPS) is 11.0. The summed E-state index contributed by atoms with van der Waals surface area (Å²) in [6, 6.07) is 9.40. The lowest BCUT2D eigenvalue weighted by atomic mass is 10.1. The van der Waals surface area contributed by atoms with Crippen LogP contribution in [0.25, 0.3) is 0 Å². The zero-order valence-electron chi connectivity index (χ0n) is 13.1. The van der Waals surface area contributed by atoms with Crippen LogP contribution in [-0.2, 0) is 12.7 Å². The van der Waals surface area contributed by atoms with E-state index in [2.05, 4.69) is 5.32 Å². The van der Waals surface area contributed by atoms with Crippen LogP contribution in [-0.4, -0.2) is 20.1 Å². The van der Waals surface area contributed by atoms with Gasteiger partial charge in [0.05, 0.1) is 25.3 Å². The lowest BCUT2D eigenvalue weighted by Crippen LogP contribution is -2.23. The van der Waals surface area contributed by atoms with E-state index in [4.69, 9.17) is 9.47 Å². The van der Waals surface area contributed by atoms with Gasteiger partial charge in [0.1, 0.15) is 11.5 Å². The van der Waals surface area contributed by atoms with E-state index < -0.39 is 17.6 Å². The van der Waals surface area contributed by atoms with E-state index in [1.807, 2.05) is 0 Å². The van der Waals surface area contributed by atoms with Gasteiger partial charge >= 0.3 is 6.18 Å². The first kappa shape index (κ1) is 17.7. The van der Waals surface area contributed by atoms with Crippen molar-refractivity contribution in [3.63, 3.8) is 0 Å². The number of carbonyl (C=O) groups is 1. The van der Waals surface area contributed by atoms with E-state index in [1.54, 1.807) is 12.1 Å². The Morgan fingerprint density at radius 1 is 1.04 bits per heavy atom. The highest BCUT2D eigenvalue weighted by atomic mass is 19.4. The van der Waals surface area contributed by atoms with Gasteiger partial charge in [-0.25, -0.2) is 0 Å². The molecule has 0 aromatic heterocycles. The van der Waals surface area contributed by atoms with Gasteiger partial charge in [-0.05, 0) is 35.9 Å². The monoisotopic (exact) mass is 339 g/mol. The molecule has 1 N–H and O–H groups in total. The molecule has 0 saturated heterocycles. The van der Waals surface area contributed by atoms with E-state index in [0.29, 0.717) is 17.1 Å². The maximum atomic E-state index is 12.5. The highest BCUT2D eigenvalue weighted by Crippen LogP contribution is 2.29. The van der Waals surface area contributed by atoms with Crippen LogP contribution in [0.4, 0.5) is 13.2 Å². The van der Waals surface area contributed by atoms with Crippen LogP contribution < -0.4 is 14.8 Å². The Morgan fingerprint density at radius 3 is 2.25 bits per heavy atom. The van der Waals surface area contributed by atoms with Crippen LogP contribution in [0.3, 0.4) is 0 Å². The molecule has 0 aliphatic heterocycles. The van der Waals surface area contributed by atoms with E-state index in [1.165, 1.54) is 32.4 Å². The minimum absolute atomic E-state index is 0.0946. The molecule has 0 unspecified atom stereocenters. The van der Waals surface area contributed by atoms with Gasteiger partial charge in [0.2, 0.25) is 0 Å². The first-order valence-electron chi connectivity index (χ1n) is 7.01. The predicted molar refractivity (Wildman–Crippen MR) is 82.2 cm³/mol. The van der Waals surface area contributed by atoms with Gasteiger partial charge in [-0.2, -0.15) is 13.2 Å². The molecule has 0 heterocycles. The number of amides is 1. The molecular formula is C17H16F3NO3. The van der Waals surface area contributed by atoms with Gasteiger partial charge in [-0.1, -0.05) is 12.1 Å². The maximum absolute atomic E-state index is 12.5. The second-order valence-corrected chi connectivity index (χ2v) is 4.94. The molecule has 0 spiro atoms. The van der Waals surface area contributed by atoms with Crippen LogP contribution in [0.1, 0.15) is 21.5 Å². The smallest absolute Gasteiger partial charge is 0.416 e. The van der Waals surface area contributed by atoms with Crippen molar-refractivity contribution in [1.82, 2.24) is 5.32 Å². The van der Waals surface area contributed by atoms with Gasteiger partial charge in [0.25, 0.3) is 5.91 Å². The average Bonchev–Trinajstić information content (AvgIpc) is 2.58. The van der Waals surface area contributed by atoms with Crippen LogP contribution in [0.5, 0.6) is 11.5 Å². The third-order valence-corrected chi connectivity index (χ3v) is 3.39. The molecule has 24 heavy (non-hydrogen) atoms. The summed E-state index contributed by atoms with van der Waals surface area (Å²) in [6.45, 7) is 0.0946. The summed E-state index contributed by atoms with van der Waals surface area (Å²) in [7, 11) is 2.92. The van der Waals surface area contributed by atoms with Crippen molar-refractivity contribution in [1.29, 1.82) is 0 Å². The summed E-state index contributed by atoms with van der Waals surface area (Å²) < 4.78 is 47.7. The van der Waals surface area contributed by atoms with Crippen LogP contribution in [0.15, 0.2) is 42.5 Å². The minimum atomic E-state index is -4.38. The highest BCUT2D eigenvalue weighted by Gasteiger charge is 2.29. The SMILES string of the molecule is COc1ccc(OC)c(C(=O)NCc2ccc(C(F)(F)F)cc2)c1. The fourth-order valence-electron chi connectivity index (χ4n) is 2.08. The molecule has 0 atom stereocenters. The predicted octanol–water partition coefficient (Wildman–Crippen LogP) is 3.65. The Balaban J connectivity index is 2.08. The van der Waals surface area contributed by atoms with E-state index in [-0.39, 0.29) is 12.1 Å². The lowest BCUT2D eigenvalue weighted by Gasteiger charge is -2.11. The van der Waals surface area contributed by atoms with Gasteiger partial charge in [-0.3, -0.25) is 4.79 Å². The zero-order valence-corrected chi connectivity index (χ0v) is 13.1. The summed E-state index contributed by atoms with van der Waals surface area (Å²) in [6.07, 6.45) is -4.38. The van der Waals surface area contributed by atoms with Crippen LogP contribution >= 0.6 is 0 Å². The van der Waals surface area contributed by atoms with Crippen LogP contribution in [0, 0.1) is 0 Å². The fourth-order valence-corrected chi connectivity index (χ4v) is 2.08. The number of rotatable bonds is 5. The first-order chi connectivity index (χ1) is 11.3. The molecule has 0 bridgehead atoms. The lowest BCUT2D eigenvalue weighted by molar-refractivity contribution is -0.137. The van der Waals surface area contributed by atoms with Gasteiger partial charge < -0.3 is 14.8 Å². The molecule has 0 saturated carbocycles. The molecule has 0 fully saturated rings. The molecular weight excluding hydrogens is 323 g/mol. The Labute approximate surface area is 137 Å². The number of hydrogen-bond acceptors (Lipinski definition) is 3. The van der Waals surface area contributed by atoms with Gasteiger partial charge in [0, 0.05) is 6.54 Å². The Hall–Kier alpha value is -2.70. The summed E-state index contributed by atoms with van der Waals surface area (Å²) in [4.78, 5) is 12.3. The summed E-state index contributed by atoms with van der Waals surface area (Å²) in [5.41, 5.74) is 0.106. The summed E-state index contributed by atoms with van der Waals surface area (Å²) >= 11 is 0. The number of hydrogen-bond donors (Lipinski definition) is 1.